The summed E-state index contributed by atoms with van der Waals surface area (Å²) < 4.78 is 30.6. The van der Waals surface area contributed by atoms with Crippen LogP contribution in [0.5, 0.6) is 0 Å². The van der Waals surface area contributed by atoms with Gasteiger partial charge in [0.2, 0.25) is 10.0 Å². The molecule has 0 aliphatic carbocycles. The Kier molecular flexibility index (Phi) is 6.34. The van der Waals surface area contributed by atoms with Crippen LogP contribution in [0, 0.1) is 11.3 Å². The molecule has 6 nitrogen and oxygen atoms in total. The molecule has 0 fully saturated rings. The molecule has 7 heteroatoms. The summed E-state index contributed by atoms with van der Waals surface area (Å²) in [6.07, 6.45) is 0.246. The topological polar surface area (TPSA) is 87.5 Å². The molecule has 0 saturated heterocycles. The molecule has 1 rings (SSSR count). The molecule has 0 aliphatic heterocycles. The number of methoxy groups -OCH3 is 1. The van der Waals surface area contributed by atoms with Gasteiger partial charge in [-0.2, -0.15) is 9.57 Å². The third-order valence-corrected chi connectivity index (χ3v) is 4.95. The third-order valence-electron chi connectivity index (χ3n) is 2.96. The van der Waals surface area contributed by atoms with Gasteiger partial charge in [-0.3, -0.25) is 4.79 Å². The molecule has 0 unspecified atom stereocenters. The van der Waals surface area contributed by atoms with Crippen molar-refractivity contribution in [3.63, 3.8) is 0 Å². The van der Waals surface area contributed by atoms with Gasteiger partial charge in [-0.25, -0.2) is 8.42 Å². The second-order valence-corrected chi connectivity index (χ2v) is 6.24. The quantitative estimate of drug-likeness (QED) is 0.709. The van der Waals surface area contributed by atoms with Gasteiger partial charge in [0.1, 0.15) is 0 Å². The van der Waals surface area contributed by atoms with E-state index < -0.39 is 10.0 Å². The number of hydrogen-bond donors (Lipinski definition) is 0. The first-order chi connectivity index (χ1) is 9.95. The van der Waals surface area contributed by atoms with E-state index in [0.29, 0.717) is 12.1 Å². The van der Waals surface area contributed by atoms with E-state index >= 15 is 0 Å². The lowest BCUT2D eigenvalue weighted by Crippen LogP contribution is -2.31. The van der Waals surface area contributed by atoms with Crippen LogP contribution in [-0.2, 0) is 26.0 Å². The Balaban J connectivity index is 2.93. The lowest BCUT2D eigenvalue weighted by Gasteiger charge is -2.19. The van der Waals surface area contributed by atoms with Crippen LogP contribution in [0.25, 0.3) is 0 Å². The molecule has 0 radical (unpaired) electrons. The van der Waals surface area contributed by atoms with E-state index in [-0.39, 0.29) is 30.3 Å². The normalized spacial score (nSPS) is 11.1. The van der Waals surface area contributed by atoms with E-state index in [4.69, 9.17) is 5.26 Å². The first kappa shape index (κ1) is 17.1. The van der Waals surface area contributed by atoms with Crippen LogP contribution in [0.15, 0.2) is 29.2 Å². The minimum atomic E-state index is -3.61. The summed E-state index contributed by atoms with van der Waals surface area (Å²) in [6, 6.07) is 8.03. The minimum absolute atomic E-state index is 0.1000. The molecule has 1 aromatic rings. The van der Waals surface area contributed by atoms with Crippen molar-refractivity contribution in [2.24, 2.45) is 0 Å². The van der Waals surface area contributed by atoms with Gasteiger partial charge in [-0.15, -0.1) is 0 Å². The second kappa shape index (κ2) is 7.76. The van der Waals surface area contributed by atoms with Crippen molar-refractivity contribution in [2.75, 3.05) is 20.2 Å². The zero-order chi connectivity index (χ0) is 15.9. The predicted molar refractivity (Wildman–Crippen MR) is 76.8 cm³/mol. The Labute approximate surface area is 125 Å². The Morgan fingerprint density at radius 1 is 1.33 bits per heavy atom. The number of carbonyl (C=O) groups is 1. The fourth-order valence-electron chi connectivity index (χ4n) is 1.79. The highest BCUT2D eigenvalue weighted by atomic mass is 32.2. The van der Waals surface area contributed by atoms with E-state index in [0.717, 1.165) is 0 Å². The highest BCUT2D eigenvalue weighted by molar-refractivity contribution is 7.89. The number of nitriles is 1. The van der Waals surface area contributed by atoms with Crippen molar-refractivity contribution in [2.45, 2.75) is 24.7 Å². The molecule has 0 amide bonds. The Morgan fingerprint density at radius 2 is 1.95 bits per heavy atom. The van der Waals surface area contributed by atoms with Gasteiger partial charge >= 0.3 is 5.97 Å². The molecular formula is C14H18N2O4S. The predicted octanol–water partition coefficient (Wildman–Crippen LogP) is 1.33. The number of sulfonamides is 1. The Morgan fingerprint density at radius 3 is 2.43 bits per heavy atom. The van der Waals surface area contributed by atoms with Crippen molar-refractivity contribution in [3.8, 4) is 6.07 Å². The zero-order valence-corrected chi connectivity index (χ0v) is 12.9. The number of rotatable bonds is 7. The van der Waals surface area contributed by atoms with Crippen LogP contribution in [0.4, 0.5) is 0 Å². The number of nitrogens with zero attached hydrogens (tertiary/aromatic N) is 2. The largest absolute Gasteiger partial charge is 0.469 e. The first-order valence-electron chi connectivity index (χ1n) is 6.48. The van der Waals surface area contributed by atoms with Crippen molar-refractivity contribution in [1.29, 1.82) is 5.26 Å². The minimum Gasteiger partial charge on any atom is -0.469 e. The summed E-state index contributed by atoms with van der Waals surface area (Å²) in [4.78, 5) is 11.3. The van der Waals surface area contributed by atoms with Gasteiger partial charge in [0, 0.05) is 19.5 Å². The van der Waals surface area contributed by atoms with Crippen LogP contribution in [-0.4, -0.2) is 38.9 Å². The van der Waals surface area contributed by atoms with E-state index in [1.54, 1.807) is 19.1 Å². The van der Waals surface area contributed by atoms with Crippen LogP contribution in [0.3, 0.4) is 0 Å². The van der Waals surface area contributed by atoms with Crippen LogP contribution in [0.1, 0.15) is 18.9 Å². The Hall–Kier alpha value is -1.91. The molecule has 0 N–H and O–H groups in total. The maximum Gasteiger partial charge on any atom is 0.309 e. The number of carbonyl (C=O) groups excluding carboxylic acids is 1. The van der Waals surface area contributed by atoms with E-state index in [9.17, 15) is 13.2 Å². The Bertz CT molecular complexity index is 617. The molecule has 0 aromatic heterocycles. The van der Waals surface area contributed by atoms with Gasteiger partial charge in [0.15, 0.2) is 0 Å². The molecule has 0 heterocycles. The number of esters is 1. The number of hydrogen-bond acceptors (Lipinski definition) is 5. The van der Waals surface area contributed by atoms with Crippen LogP contribution >= 0.6 is 0 Å². The van der Waals surface area contributed by atoms with Gasteiger partial charge in [0.25, 0.3) is 0 Å². The molecule has 21 heavy (non-hydrogen) atoms. The first-order valence-corrected chi connectivity index (χ1v) is 7.92. The molecule has 1 aromatic carbocycles. The second-order valence-electron chi connectivity index (χ2n) is 4.30. The standard InChI is InChI=1S/C14H18N2O4S/c1-3-16(10-4-9-15)21(18,19)13-7-5-12(6-8-13)11-14(17)20-2/h5-8H,3-4,10-11H2,1-2H3. The van der Waals surface area contributed by atoms with Crippen molar-refractivity contribution in [1.82, 2.24) is 4.31 Å². The SMILES string of the molecule is CCN(CCC#N)S(=O)(=O)c1ccc(CC(=O)OC)cc1. The van der Waals surface area contributed by atoms with Crippen molar-refractivity contribution >= 4 is 16.0 Å². The van der Waals surface area contributed by atoms with Crippen molar-refractivity contribution in [3.05, 3.63) is 29.8 Å². The summed E-state index contributed by atoms with van der Waals surface area (Å²) in [5.41, 5.74) is 0.681. The summed E-state index contributed by atoms with van der Waals surface area (Å²) in [5, 5.41) is 8.58. The smallest absolute Gasteiger partial charge is 0.309 e. The molecule has 0 spiro atoms. The fourth-order valence-corrected chi connectivity index (χ4v) is 3.24. The molecule has 0 saturated carbocycles. The molecule has 114 valence electrons. The maximum atomic E-state index is 12.4. The van der Waals surface area contributed by atoms with Gasteiger partial charge in [-0.05, 0) is 17.7 Å². The molecule has 0 atom stereocenters. The third kappa shape index (κ3) is 4.55. The zero-order valence-electron chi connectivity index (χ0n) is 12.1. The van der Waals surface area contributed by atoms with Gasteiger partial charge in [0.05, 0.1) is 24.5 Å². The monoisotopic (exact) mass is 310 g/mol. The summed E-state index contributed by atoms with van der Waals surface area (Å²) in [5.74, 6) is -0.380. The highest BCUT2D eigenvalue weighted by Crippen LogP contribution is 2.17. The summed E-state index contributed by atoms with van der Waals surface area (Å²) >= 11 is 0. The number of ether oxygens (including phenoxy) is 1. The molecule has 0 aliphatic rings. The fraction of sp³-hybridized carbons (Fsp3) is 0.429. The van der Waals surface area contributed by atoms with Crippen LogP contribution in [0.2, 0.25) is 0 Å². The van der Waals surface area contributed by atoms with Crippen LogP contribution < -0.4 is 0 Å². The summed E-state index contributed by atoms with van der Waals surface area (Å²) in [6.45, 7) is 2.19. The van der Waals surface area contributed by atoms with E-state index in [2.05, 4.69) is 4.74 Å². The maximum absolute atomic E-state index is 12.4. The van der Waals surface area contributed by atoms with E-state index in [1.807, 2.05) is 6.07 Å². The van der Waals surface area contributed by atoms with Gasteiger partial charge in [-0.1, -0.05) is 19.1 Å². The number of benzene rings is 1. The highest BCUT2D eigenvalue weighted by Gasteiger charge is 2.22. The average molecular weight is 310 g/mol. The van der Waals surface area contributed by atoms with Gasteiger partial charge < -0.3 is 4.74 Å². The van der Waals surface area contributed by atoms with Crippen molar-refractivity contribution < 1.29 is 17.9 Å². The lowest BCUT2D eigenvalue weighted by atomic mass is 10.2. The lowest BCUT2D eigenvalue weighted by molar-refractivity contribution is -0.139. The van der Waals surface area contributed by atoms with E-state index in [1.165, 1.54) is 23.5 Å². The molecular weight excluding hydrogens is 292 g/mol. The average Bonchev–Trinajstić information content (AvgIpc) is 2.48. The molecule has 0 bridgehead atoms. The summed E-state index contributed by atoms with van der Waals surface area (Å²) in [7, 11) is -2.31.